The molecule has 0 amide bonds. The third kappa shape index (κ3) is 1.70. The first-order valence-corrected chi connectivity index (χ1v) is 6.46. The van der Waals surface area contributed by atoms with Gasteiger partial charge in [0.05, 0.1) is 11.7 Å². The maximum Gasteiger partial charge on any atom is 0.169 e. The van der Waals surface area contributed by atoms with Crippen LogP contribution < -0.4 is 5.73 Å². The van der Waals surface area contributed by atoms with Crippen molar-refractivity contribution in [2.75, 3.05) is 5.73 Å². The van der Waals surface area contributed by atoms with Crippen LogP contribution in [0.5, 0.6) is 0 Å². The number of hydrogen-bond donors (Lipinski definition) is 1. The molecule has 0 spiro atoms. The van der Waals surface area contributed by atoms with E-state index in [-0.39, 0.29) is 0 Å². The minimum Gasteiger partial charge on any atom is -0.381 e. The second-order valence-corrected chi connectivity index (χ2v) is 5.49. The average Bonchev–Trinajstić information content (AvgIpc) is 3.04. The Kier molecular flexibility index (Phi) is 2.37. The first-order valence-electron chi connectivity index (χ1n) is 6.46. The second-order valence-electron chi connectivity index (χ2n) is 5.49. The van der Waals surface area contributed by atoms with Gasteiger partial charge in [0.1, 0.15) is 0 Å². The lowest BCUT2D eigenvalue weighted by molar-refractivity contribution is 0.266. The fourth-order valence-corrected chi connectivity index (χ4v) is 2.82. The monoisotopic (exact) mass is 220 g/mol. The smallest absolute Gasteiger partial charge is 0.169 e. The molecule has 1 aromatic heterocycles. The van der Waals surface area contributed by atoms with Crippen molar-refractivity contribution in [1.29, 1.82) is 0 Å². The van der Waals surface area contributed by atoms with Crippen molar-refractivity contribution in [2.45, 2.75) is 57.4 Å². The summed E-state index contributed by atoms with van der Waals surface area (Å²) >= 11 is 0. The predicted octanol–water partition coefficient (Wildman–Crippen LogP) is 2.49. The highest BCUT2D eigenvalue weighted by atomic mass is 15.5. The lowest BCUT2D eigenvalue weighted by Gasteiger charge is -2.27. The van der Waals surface area contributed by atoms with Gasteiger partial charge < -0.3 is 5.73 Å². The molecule has 0 saturated heterocycles. The fourth-order valence-electron chi connectivity index (χ4n) is 2.82. The summed E-state index contributed by atoms with van der Waals surface area (Å²) in [6, 6.07) is 0.552. The van der Waals surface area contributed by atoms with E-state index >= 15 is 0 Å². The largest absolute Gasteiger partial charge is 0.381 e. The lowest BCUT2D eigenvalue weighted by atomic mass is 9.87. The molecule has 4 nitrogen and oxygen atoms in total. The highest BCUT2D eigenvalue weighted by Crippen LogP contribution is 2.44. The van der Waals surface area contributed by atoms with E-state index in [1.165, 1.54) is 44.2 Å². The molecule has 0 aromatic carbocycles. The Hall–Kier alpha value is -1.06. The number of hydrogen-bond acceptors (Lipinski definition) is 3. The summed E-state index contributed by atoms with van der Waals surface area (Å²) in [5.41, 5.74) is 7.14. The van der Waals surface area contributed by atoms with Crippen molar-refractivity contribution >= 4 is 5.82 Å². The van der Waals surface area contributed by atoms with E-state index in [2.05, 4.69) is 21.9 Å². The average molecular weight is 220 g/mol. The molecular formula is C12H20N4. The number of aromatic nitrogens is 3. The maximum absolute atomic E-state index is 5.92. The van der Waals surface area contributed by atoms with Gasteiger partial charge >= 0.3 is 0 Å². The van der Waals surface area contributed by atoms with Gasteiger partial charge in [0.2, 0.25) is 0 Å². The van der Waals surface area contributed by atoms with Gasteiger partial charge in [-0.25, -0.2) is 4.68 Å². The number of nitrogen functional groups attached to an aromatic ring is 1. The van der Waals surface area contributed by atoms with E-state index in [0.29, 0.717) is 17.8 Å². The molecule has 0 aliphatic heterocycles. The van der Waals surface area contributed by atoms with Crippen LogP contribution in [0.1, 0.15) is 63.1 Å². The molecule has 2 aliphatic rings. The number of rotatable bonds is 2. The molecule has 1 aromatic rings. The molecule has 2 aliphatic carbocycles. The van der Waals surface area contributed by atoms with Crippen LogP contribution in [0.25, 0.3) is 0 Å². The Balaban J connectivity index is 1.83. The topological polar surface area (TPSA) is 56.7 Å². The number of anilines is 1. The first-order chi connectivity index (χ1) is 7.75. The fraction of sp³-hybridized carbons (Fsp3) is 0.833. The van der Waals surface area contributed by atoms with Gasteiger partial charge in [0, 0.05) is 5.92 Å². The van der Waals surface area contributed by atoms with Crippen LogP contribution >= 0.6 is 0 Å². The summed E-state index contributed by atoms with van der Waals surface area (Å²) in [4.78, 5) is 0. The molecule has 0 unspecified atom stereocenters. The Morgan fingerprint density at radius 2 is 1.81 bits per heavy atom. The summed E-state index contributed by atoms with van der Waals surface area (Å²) in [7, 11) is 0. The Morgan fingerprint density at radius 3 is 2.44 bits per heavy atom. The van der Waals surface area contributed by atoms with Crippen LogP contribution in [0.15, 0.2) is 0 Å². The minimum absolute atomic E-state index is 0.552. The standard InChI is InChI=1S/C12H20N4/c1-8-2-6-10(7-3-8)16-11(9-4-5-9)12(13)14-15-16/h8-10H,2-7,13H2,1H3. The van der Waals surface area contributed by atoms with Crippen LogP contribution in [0, 0.1) is 5.92 Å². The van der Waals surface area contributed by atoms with E-state index in [1.807, 2.05) is 0 Å². The lowest BCUT2D eigenvalue weighted by Crippen LogP contribution is -2.19. The summed E-state index contributed by atoms with van der Waals surface area (Å²) < 4.78 is 2.14. The zero-order valence-corrected chi connectivity index (χ0v) is 9.89. The molecule has 2 saturated carbocycles. The van der Waals surface area contributed by atoms with Gasteiger partial charge in [0.25, 0.3) is 0 Å². The summed E-state index contributed by atoms with van der Waals surface area (Å²) in [6.45, 7) is 2.34. The van der Waals surface area contributed by atoms with Crippen molar-refractivity contribution in [3.8, 4) is 0 Å². The van der Waals surface area contributed by atoms with Crippen molar-refractivity contribution in [3.05, 3.63) is 5.69 Å². The molecule has 0 radical (unpaired) electrons. The summed E-state index contributed by atoms with van der Waals surface area (Å²) in [5.74, 6) is 2.19. The first kappa shape index (κ1) is 10.1. The molecule has 0 bridgehead atoms. The van der Waals surface area contributed by atoms with Gasteiger partial charge in [-0.2, -0.15) is 0 Å². The molecule has 2 fully saturated rings. The van der Waals surface area contributed by atoms with E-state index in [4.69, 9.17) is 5.73 Å². The molecule has 88 valence electrons. The van der Waals surface area contributed by atoms with Crippen LogP contribution in [0.4, 0.5) is 5.82 Å². The van der Waals surface area contributed by atoms with Crippen molar-refractivity contribution < 1.29 is 0 Å². The van der Waals surface area contributed by atoms with Gasteiger partial charge in [-0.3, -0.25) is 0 Å². The van der Waals surface area contributed by atoms with Crippen molar-refractivity contribution in [1.82, 2.24) is 15.0 Å². The van der Waals surface area contributed by atoms with Crippen LogP contribution in [-0.4, -0.2) is 15.0 Å². The number of nitrogens with two attached hydrogens (primary N) is 1. The molecule has 4 heteroatoms. The van der Waals surface area contributed by atoms with Crippen molar-refractivity contribution in [3.63, 3.8) is 0 Å². The quantitative estimate of drug-likeness (QED) is 0.833. The summed E-state index contributed by atoms with van der Waals surface area (Å²) in [5, 5.41) is 8.33. The highest BCUT2D eigenvalue weighted by molar-refractivity contribution is 5.38. The maximum atomic E-state index is 5.92. The molecule has 3 rings (SSSR count). The third-order valence-corrected chi connectivity index (χ3v) is 4.05. The van der Waals surface area contributed by atoms with Crippen molar-refractivity contribution in [2.24, 2.45) is 5.92 Å². The zero-order valence-electron chi connectivity index (χ0n) is 9.89. The van der Waals surface area contributed by atoms with E-state index in [0.717, 1.165) is 5.92 Å². The highest BCUT2D eigenvalue weighted by Gasteiger charge is 2.33. The van der Waals surface area contributed by atoms with E-state index in [1.54, 1.807) is 0 Å². The normalized spacial score (nSPS) is 30.6. The van der Waals surface area contributed by atoms with Crippen LogP contribution in [0.3, 0.4) is 0 Å². The molecule has 0 atom stereocenters. The Labute approximate surface area is 96.2 Å². The van der Waals surface area contributed by atoms with Gasteiger partial charge in [-0.1, -0.05) is 12.1 Å². The minimum atomic E-state index is 0.552. The predicted molar refractivity (Wildman–Crippen MR) is 63.1 cm³/mol. The van der Waals surface area contributed by atoms with Crippen LogP contribution in [-0.2, 0) is 0 Å². The van der Waals surface area contributed by atoms with Crippen LogP contribution in [0.2, 0.25) is 0 Å². The molecule has 2 N–H and O–H groups in total. The SMILES string of the molecule is CC1CCC(n2nnc(N)c2C2CC2)CC1. The Bertz CT molecular complexity index is 372. The molecule has 16 heavy (non-hydrogen) atoms. The van der Waals surface area contributed by atoms with Gasteiger partial charge in [-0.15, -0.1) is 5.10 Å². The summed E-state index contributed by atoms with van der Waals surface area (Å²) in [6.07, 6.45) is 7.64. The Morgan fingerprint density at radius 1 is 1.12 bits per heavy atom. The number of nitrogens with zero attached hydrogens (tertiary/aromatic N) is 3. The molecule has 1 heterocycles. The third-order valence-electron chi connectivity index (χ3n) is 4.05. The zero-order chi connectivity index (χ0) is 11.1. The molecular weight excluding hydrogens is 200 g/mol. The van der Waals surface area contributed by atoms with E-state index < -0.39 is 0 Å². The van der Waals surface area contributed by atoms with E-state index in [9.17, 15) is 0 Å². The van der Waals surface area contributed by atoms with Gasteiger partial charge in [-0.05, 0) is 44.4 Å². The van der Waals surface area contributed by atoms with Gasteiger partial charge in [0.15, 0.2) is 5.82 Å². The second kappa shape index (κ2) is 3.75.